The summed E-state index contributed by atoms with van der Waals surface area (Å²) in [6, 6.07) is 12.0. The molecule has 0 atom stereocenters. The van der Waals surface area contributed by atoms with Crippen LogP contribution in [-0.4, -0.2) is 30.1 Å². The van der Waals surface area contributed by atoms with Crippen LogP contribution in [0.15, 0.2) is 72.0 Å². The Hall–Kier alpha value is -3.81. The van der Waals surface area contributed by atoms with Crippen molar-refractivity contribution < 1.29 is 4.79 Å². The molecule has 122 valence electrons. The first kappa shape index (κ1) is 14.8. The summed E-state index contributed by atoms with van der Waals surface area (Å²) < 4.78 is 2.87. The third kappa shape index (κ3) is 2.65. The van der Waals surface area contributed by atoms with Crippen LogP contribution >= 0.6 is 0 Å². The molecule has 1 aromatic carbocycles. The van der Waals surface area contributed by atoms with Gasteiger partial charge in [-0.3, -0.25) is 14.6 Å². The van der Waals surface area contributed by atoms with Crippen LogP contribution in [0.2, 0.25) is 0 Å². The molecule has 1 N–H and O–H groups in total. The molecule has 8 nitrogen and oxygen atoms in total. The van der Waals surface area contributed by atoms with E-state index in [1.807, 2.05) is 18.2 Å². The number of rotatable bonds is 3. The molecule has 0 fully saturated rings. The van der Waals surface area contributed by atoms with Gasteiger partial charge in [-0.25, -0.2) is 14.6 Å². The quantitative estimate of drug-likeness (QED) is 0.614. The fourth-order valence-corrected chi connectivity index (χ4v) is 2.54. The van der Waals surface area contributed by atoms with E-state index in [4.69, 9.17) is 0 Å². The van der Waals surface area contributed by atoms with Crippen molar-refractivity contribution in [2.24, 2.45) is 0 Å². The molecule has 0 saturated heterocycles. The minimum absolute atomic E-state index is 0.257. The molecule has 0 aliphatic carbocycles. The topological polar surface area (TPSA) is 94.2 Å². The summed E-state index contributed by atoms with van der Waals surface area (Å²) in [4.78, 5) is 37.2. The number of hydrogen-bond acceptors (Lipinski definition) is 5. The molecule has 1 amide bonds. The SMILES string of the molecule is O=C(Nc1cnccn1)c1cc2nccc(=O)n2n1-c1ccccc1. The van der Waals surface area contributed by atoms with Gasteiger partial charge in [0.05, 0.1) is 11.9 Å². The fraction of sp³-hybridized carbons (Fsp3) is 0. The molecule has 3 heterocycles. The van der Waals surface area contributed by atoms with Crippen LogP contribution < -0.4 is 10.9 Å². The van der Waals surface area contributed by atoms with Crippen LogP contribution in [0.1, 0.15) is 10.5 Å². The van der Waals surface area contributed by atoms with Gasteiger partial charge in [0, 0.05) is 30.7 Å². The zero-order valence-electron chi connectivity index (χ0n) is 12.9. The van der Waals surface area contributed by atoms with Crippen molar-refractivity contribution >= 4 is 17.4 Å². The lowest BCUT2D eigenvalue weighted by molar-refractivity contribution is 0.101. The number of anilines is 1. The molecule has 0 radical (unpaired) electrons. The van der Waals surface area contributed by atoms with E-state index in [1.54, 1.807) is 18.2 Å². The van der Waals surface area contributed by atoms with Gasteiger partial charge in [-0.05, 0) is 12.1 Å². The number of amides is 1. The molecule has 0 spiro atoms. The number of benzene rings is 1. The molecule has 0 unspecified atom stereocenters. The number of carbonyl (C=O) groups excluding carboxylic acids is 1. The molecule has 0 aliphatic heterocycles. The van der Waals surface area contributed by atoms with Crippen LogP contribution in [0, 0.1) is 0 Å². The normalized spacial score (nSPS) is 10.7. The van der Waals surface area contributed by atoms with E-state index >= 15 is 0 Å². The molecule has 8 heteroatoms. The summed E-state index contributed by atoms with van der Waals surface area (Å²) in [5.41, 5.74) is 1.01. The number of nitrogens with zero attached hydrogens (tertiary/aromatic N) is 5. The highest BCUT2D eigenvalue weighted by Crippen LogP contribution is 2.15. The molecule has 0 saturated carbocycles. The third-order valence-corrected chi connectivity index (χ3v) is 3.58. The van der Waals surface area contributed by atoms with Crippen molar-refractivity contribution in [1.82, 2.24) is 24.1 Å². The maximum absolute atomic E-state index is 12.7. The van der Waals surface area contributed by atoms with Crippen LogP contribution in [0.5, 0.6) is 0 Å². The van der Waals surface area contributed by atoms with Gasteiger partial charge in [-0.1, -0.05) is 18.2 Å². The summed E-state index contributed by atoms with van der Waals surface area (Å²) in [5.74, 6) is -0.105. The van der Waals surface area contributed by atoms with Gasteiger partial charge < -0.3 is 5.32 Å². The molecule has 4 rings (SSSR count). The van der Waals surface area contributed by atoms with E-state index in [2.05, 4.69) is 20.3 Å². The summed E-state index contributed by atoms with van der Waals surface area (Å²) >= 11 is 0. The Morgan fingerprint density at radius 2 is 1.84 bits per heavy atom. The Morgan fingerprint density at radius 3 is 2.60 bits per heavy atom. The maximum atomic E-state index is 12.7. The minimum Gasteiger partial charge on any atom is -0.304 e. The Bertz CT molecular complexity index is 1100. The Morgan fingerprint density at radius 1 is 1.00 bits per heavy atom. The van der Waals surface area contributed by atoms with Crippen LogP contribution in [0.25, 0.3) is 11.3 Å². The highest BCUT2D eigenvalue weighted by Gasteiger charge is 2.19. The Labute approximate surface area is 141 Å². The van der Waals surface area contributed by atoms with Crippen molar-refractivity contribution in [3.05, 3.63) is 83.3 Å². The van der Waals surface area contributed by atoms with Gasteiger partial charge in [0.1, 0.15) is 5.69 Å². The first-order valence-corrected chi connectivity index (χ1v) is 7.46. The Balaban J connectivity index is 1.90. The van der Waals surface area contributed by atoms with E-state index in [0.29, 0.717) is 17.2 Å². The largest absolute Gasteiger partial charge is 0.304 e. The second kappa shape index (κ2) is 6.00. The van der Waals surface area contributed by atoms with E-state index in [1.165, 1.54) is 40.1 Å². The zero-order valence-corrected chi connectivity index (χ0v) is 12.9. The first-order valence-electron chi connectivity index (χ1n) is 7.46. The molecule has 3 aromatic heterocycles. The van der Waals surface area contributed by atoms with Crippen molar-refractivity contribution in [3.63, 3.8) is 0 Å². The second-order valence-electron chi connectivity index (χ2n) is 5.17. The maximum Gasteiger partial charge on any atom is 0.275 e. The third-order valence-electron chi connectivity index (χ3n) is 3.58. The lowest BCUT2D eigenvalue weighted by atomic mass is 10.3. The number of nitrogens with one attached hydrogen (secondary N) is 1. The molecule has 25 heavy (non-hydrogen) atoms. The van der Waals surface area contributed by atoms with Crippen molar-refractivity contribution in [2.75, 3.05) is 5.32 Å². The van der Waals surface area contributed by atoms with E-state index < -0.39 is 5.91 Å². The van der Waals surface area contributed by atoms with Crippen molar-refractivity contribution in [2.45, 2.75) is 0 Å². The smallest absolute Gasteiger partial charge is 0.275 e. The van der Waals surface area contributed by atoms with Gasteiger partial charge in [0.25, 0.3) is 11.5 Å². The van der Waals surface area contributed by atoms with E-state index in [-0.39, 0.29) is 11.3 Å². The first-order chi connectivity index (χ1) is 12.2. The van der Waals surface area contributed by atoms with Gasteiger partial charge in [0.15, 0.2) is 11.5 Å². The fourth-order valence-electron chi connectivity index (χ4n) is 2.54. The summed E-state index contributed by atoms with van der Waals surface area (Å²) in [7, 11) is 0. The van der Waals surface area contributed by atoms with E-state index in [0.717, 1.165) is 0 Å². The standard InChI is InChI=1S/C17H12N6O2/c24-16-6-7-20-15-10-13(17(25)21-14-11-18-8-9-19-14)22(23(15)16)12-4-2-1-3-5-12/h1-11H,(H,19,21,25). The molecule has 0 bridgehead atoms. The lowest BCUT2D eigenvalue weighted by Gasteiger charge is -2.10. The van der Waals surface area contributed by atoms with Gasteiger partial charge in [-0.15, -0.1) is 0 Å². The average Bonchev–Trinajstić information content (AvgIpc) is 3.04. The van der Waals surface area contributed by atoms with Gasteiger partial charge in [0.2, 0.25) is 0 Å². The van der Waals surface area contributed by atoms with E-state index in [9.17, 15) is 9.59 Å². The summed E-state index contributed by atoms with van der Waals surface area (Å²) in [6.07, 6.45) is 5.85. The zero-order chi connectivity index (χ0) is 17.2. The number of aromatic nitrogens is 5. The molecular weight excluding hydrogens is 320 g/mol. The van der Waals surface area contributed by atoms with Gasteiger partial charge >= 0.3 is 0 Å². The lowest BCUT2D eigenvalue weighted by Crippen LogP contribution is -2.24. The number of carbonyl (C=O) groups is 1. The predicted molar refractivity (Wildman–Crippen MR) is 90.8 cm³/mol. The minimum atomic E-state index is -0.422. The summed E-state index contributed by atoms with van der Waals surface area (Å²) in [6.45, 7) is 0. The number of fused-ring (bicyclic) bond motifs is 1. The second-order valence-corrected chi connectivity index (χ2v) is 5.17. The monoisotopic (exact) mass is 332 g/mol. The highest BCUT2D eigenvalue weighted by molar-refractivity contribution is 6.03. The highest BCUT2D eigenvalue weighted by atomic mass is 16.2. The number of para-hydroxylation sites is 1. The number of hydrogen-bond donors (Lipinski definition) is 1. The van der Waals surface area contributed by atoms with Crippen LogP contribution in [-0.2, 0) is 0 Å². The molecular formula is C17H12N6O2. The molecule has 4 aromatic rings. The van der Waals surface area contributed by atoms with Crippen molar-refractivity contribution in [1.29, 1.82) is 0 Å². The Kier molecular flexibility index (Phi) is 3.55. The summed E-state index contributed by atoms with van der Waals surface area (Å²) in [5, 5.41) is 2.67. The predicted octanol–water partition coefficient (Wildman–Crippen LogP) is 1.53. The van der Waals surface area contributed by atoms with Crippen LogP contribution in [0.3, 0.4) is 0 Å². The average molecular weight is 332 g/mol. The van der Waals surface area contributed by atoms with Crippen molar-refractivity contribution in [3.8, 4) is 5.69 Å². The van der Waals surface area contributed by atoms with Gasteiger partial charge in [-0.2, -0.15) is 4.52 Å². The van der Waals surface area contributed by atoms with Crippen LogP contribution in [0.4, 0.5) is 5.82 Å². The molecule has 0 aliphatic rings.